The molecule has 2 rings (SSSR count). The summed E-state index contributed by atoms with van der Waals surface area (Å²) in [5, 5.41) is 1.17. The molecule has 4 heteroatoms. The molecular formula is C13H18N2O2. The largest absolute Gasteiger partial charge is 0.497 e. The number of nitrogens with two attached hydrogens (primary N) is 1. The summed E-state index contributed by atoms with van der Waals surface area (Å²) in [6.07, 6.45) is 0. The molecule has 0 spiro atoms. The summed E-state index contributed by atoms with van der Waals surface area (Å²) in [6, 6.07) is 8.49. The molecular weight excluding hydrogens is 216 g/mol. The molecule has 1 aromatic heterocycles. The second-order valence-corrected chi connectivity index (χ2v) is 4.34. The predicted octanol–water partition coefficient (Wildman–Crippen LogP) is 2.62. The van der Waals surface area contributed by atoms with Gasteiger partial charge in [0.1, 0.15) is 12.4 Å². The van der Waals surface area contributed by atoms with Crippen LogP contribution in [-0.2, 0) is 11.4 Å². The molecule has 0 radical (unpaired) electrons. The van der Waals surface area contributed by atoms with E-state index in [4.69, 9.17) is 15.5 Å². The van der Waals surface area contributed by atoms with E-state index < -0.39 is 0 Å². The molecule has 1 aromatic carbocycles. The molecule has 17 heavy (non-hydrogen) atoms. The third-order valence-corrected chi connectivity index (χ3v) is 2.88. The highest BCUT2D eigenvalue weighted by Crippen LogP contribution is 2.27. The second kappa shape index (κ2) is 4.77. The molecule has 92 valence electrons. The Balaban J connectivity index is 2.63. The number of aromatic nitrogens is 1. The lowest BCUT2D eigenvalue weighted by Crippen LogP contribution is -2.08. The van der Waals surface area contributed by atoms with Crippen molar-refractivity contribution in [2.24, 2.45) is 5.90 Å². The minimum atomic E-state index is 0.352. The number of ether oxygens (including phenoxy) is 1. The van der Waals surface area contributed by atoms with E-state index in [2.05, 4.69) is 24.5 Å². The van der Waals surface area contributed by atoms with Crippen LogP contribution in [0.25, 0.3) is 10.9 Å². The molecule has 0 fully saturated rings. The monoisotopic (exact) mass is 234 g/mol. The number of hydrogen-bond donors (Lipinski definition) is 1. The maximum Gasteiger partial charge on any atom is 0.120 e. The zero-order valence-electron chi connectivity index (χ0n) is 10.4. The summed E-state index contributed by atoms with van der Waals surface area (Å²) in [5.41, 5.74) is 2.22. The fourth-order valence-corrected chi connectivity index (χ4v) is 2.19. The highest BCUT2D eigenvalue weighted by molar-refractivity contribution is 5.83. The SMILES string of the molecule is COc1ccc2cc(CON)n(C(C)C)c2c1. The Morgan fingerprint density at radius 2 is 2.06 bits per heavy atom. The van der Waals surface area contributed by atoms with Crippen molar-refractivity contribution in [2.45, 2.75) is 26.5 Å². The molecule has 0 amide bonds. The van der Waals surface area contributed by atoms with Crippen LogP contribution in [0.15, 0.2) is 24.3 Å². The maximum absolute atomic E-state index is 5.26. The van der Waals surface area contributed by atoms with E-state index in [1.54, 1.807) is 7.11 Å². The summed E-state index contributed by atoms with van der Waals surface area (Å²) in [4.78, 5) is 4.75. The lowest BCUT2D eigenvalue weighted by Gasteiger charge is -2.14. The molecule has 0 saturated carbocycles. The number of fused-ring (bicyclic) bond motifs is 1. The van der Waals surface area contributed by atoms with Crippen LogP contribution in [0.4, 0.5) is 0 Å². The summed E-state index contributed by atoms with van der Waals surface area (Å²) >= 11 is 0. The van der Waals surface area contributed by atoms with Gasteiger partial charge in [0.05, 0.1) is 12.6 Å². The lowest BCUT2D eigenvalue weighted by atomic mass is 10.2. The van der Waals surface area contributed by atoms with Gasteiger partial charge in [-0.05, 0) is 32.0 Å². The van der Waals surface area contributed by atoms with Gasteiger partial charge in [0, 0.05) is 23.2 Å². The Labute approximate surface area is 101 Å². The number of methoxy groups -OCH3 is 1. The molecule has 2 aromatic rings. The number of nitrogens with zero attached hydrogens (tertiary/aromatic N) is 1. The van der Waals surface area contributed by atoms with Crippen LogP contribution >= 0.6 is 0 Å². The van der Waals surface area contributed by atoms with Crippen LogP contribution in [0.5, 0.6) is 5.75 Å². The summed E-state index contributed by atoms with van der Waals surface area (Å²) < 4.78 is 7.47. The van der Waals surface area contributed by atoms with E-state index in [0.29, 0.717) is 12.6 Å². The van der Waals surface area contributed by atoms with Crippen molar-refractivity contribution < 1.29 is 9.57 Å². The van der Waals surface area contributed by atoms with Gasteiger partial charge < -0.3 is 9.30 Å². The van der Waals surface area contributed by atoms with Gasteiger partial charge in [-0.2, -0.15) is 0 Å². The Morgan fingerprint density at radius 1 is 1.29 bits per heavy atom. The third-order valence-electron chi connectivity index (χ3n) is 2.88. The van der Waals surface area contributed by atoms with Crippen LogP contribution in [0.1, 0.15) is 25.6 Å². The fourth-order valence-electron chi connectivity index (χ4n) is 2.19. The third kappa shape index (κ3) is 2.14. The maximum atomic E-state index is 5.26. The van der Waals surface area contributed by atoms with Crippen LogP contribution in [0, 0.1) is 0 Å². The van der Waals surface area contributed by atoms with E-state index in [-0.39, 0.29) is 0 Å². The molecule has 2 N–H and O–H groups in total. The standard InChI is InChI=1S/C13H18N2O2/c1-9(2)15-11(8-17-14)6-10-4-5-12(16-3)7-13(10)15/h4-7,9H,8,14H2,1-3H3. The molecule has 0 saturated heterocycles. The van der Waals surface area contributed by atoms with Gasteiger partial charge in [0.15, 0.2) is 0 Å². The van der Waals surface area contributed by atoms with E-state index in [0.717, 1.165) is 17.0 Å². The predicted molar refractivity (Wildman–Crippen MR) is 67.9 cm³/mol. The topological polar surface area (TPSA) is 49.4 Å². The van der Waals surface area contributed by atoms with Crippen molar-refractivity contribution in [1.29, 1.82) is 0 Å². The molecule has 0 unspecified atom stereocenters. The van der Waals surface area contributed by atoms with Crippen molar-refractivity contribution >= 4 is 10.9 Å². The van der Waals surface area contributed by atoms with Gasteiger partial charge in [0.25, 0.3) is 0 Å². The normalized spacial score (nSPS) is 11.4. The quantitative estimate of drug-likeness (QED) is 0.827. The van der Waals surface area contributed by atoms with Crippen molar-refractivity contribution in [3.05, 3.63) is 30.0 Å². The molecule has 1 heterocycles. The van der Waals surface area contributed by atoms with Gasteiger partial charge in [-0.1, -0.05) is 0 Å². The Kier molecular flexibility index (Phi) is 3.36. The molecule has 0 atom stereocenters. The fraction of sp³-hybridized carbons (Fsp3) is 0.385. The number of rotatable bonds is 4. The molecule has 0 bridgehead atoms. The molecule has 4 nitrogen and oxygen atoms in total. The van der Waals surface area contributed by atoms with Gasteiger partial charge in [-0.3, -0.25) is 4.84 Å². The number of benzene rings is 1. The van der Waals surface area contributed by atoms with E-state index in [9.17, 15) is 0 Å². The molecule has 0 aliphatic rings. The van der Waals surface area contributed by atoms with Crippen LogP contribution in [0.3, 0.4) is 0 Å². The lowest BCUT2D eigenvalue weighted by molar-refractivity contribution is 0.118. The Bertz CT molecular complexity index is 517. The first-order chi connectivity index (χ1) is 8.17. The van der Waals surface area contributed by atoms with Crippen LogP contribution in [0.2, 0.25) is 0 Å². The first-order valence-electron chi connectivity index (χ1n) is 5.67. The molecule has 0 aliphatic carbocycles. The van der Waals surface area contributed by atoms with E-state index >= 15 is 0 Å². The van der Waals surface area contributed by atoms with Crippen LogP contribution < -0.4 is 10.6 Å². The minimum absolute atomic E-state index is 0.352. The van der Waals surface area contributed by atoms with Gasteiger partial charge in [-0.25, -0.2) is 5.90 Å². The van der Waals surface area contributed by atoms with Crippen molar-refractivity contribution in [1.82, 2.24) is 4.57 Å². The minimum Gasteiger partial charge on any atom is -0.497 e. The van der Waals surface area contributed by atoms with E-state index in [1.165, 1.54) is 5.39 Å². The Hall–Kier alpha value is -1.52. The summed E-state index contributed by atoms with van der Waals surface area (Å²) in [6.45, 7) is 4.69. The Morgan fingerprint density at radius 3 is 2.65 bits per heavy atom. The average Bonchev–Trinajstić information content (AvgIpc) is 2.66. The summed E-state index contributed by atoms with van der Waals surface area (Å²) in [7, 11) is 1.67. The van der Waals surface area contributed by atoms with Crippen LogP contribution in [-0.4, -0.2) is 11.7 Å². The van der Waals surface area contributed by atoms with Gasteiger partial charge in [0.2, 0.25) is 0 Å². The second-order valence-electron chi connectivity index (χ2n) is 4.34. The summed E-state index contributed by atoms with van der Waals surface area (Å²) in [5.74, 6) is 6.03. The van der Waals surface area contributed by atoms with E-state index in [1.807, 2.05) is 18.2 Å². The zero-order valence-corrected chi connectivity index (χ0v) is 10.4. The first-order valence-corrected chi connectivity index (χ1v) is 5.67. The highest BCUT2D eigenvalue weighted by atomic mass is 16.6. The van der Waals surface area contributed by atoms with Gasteiger partial charge >= 0.3 is 0 Å². The number of hydrogen-bond acceptors (Lipinski definition) is 3. The zero-order chi connectivity index (χ0) is 12.4. The van der Waals surface area contributed by atoms with Crippen molar-refractivity contribution in [3.8, 4) is 5.75 Å². The first kappa shape index (κ1) is 12.0. The smallest absolute Gasteiger partial charge is 0.120 e. The average molecular weight is 234 g/mol. The van der Waals surface area contributed by atoms with Gasteiger partial charge in [-0.15, -0.1) is 0 Å². The van der Waals surface area contributed by atoms with Crippen molar-refractivity contribution in [2.75, 3.05) is 7.11 Å². The molecule has 0 aliphatic heterocycles. The van der Waals surface area contributed by atoms with Crippen molar-refractivity contribution in [3.63, 3.8) is 0 Å². The highest BCUT2D eigenvalue weighted by Gasteiger charge is 2.12.